The molecule has 0 unspecified atom stereocenters. The molecule has 2 heterocycles. The van der Waals surface area contributed by atoms with Crippen molar-refractivity contribution in [2.45, 2.75) is 13.0 Å². The molecule has 2 aromatic heterocycles. The van der Waals surface area contributed by atoms with Crippen LogP contribution >= 0.6 is 0 Å². The van der Waals surface area contributed by atoms with Crippen LogP contribution < -0.4 is 15.4 Å². The number of hydrogen-bond donors (Lipinski definition) is 2. The third-order valence-electron chi connectivity index (χ3n) is 4.26. The number of nitrogens with zero attached hydrogens (tertiary/aromatic N) is 4. The average molecular weight is 372 g/mol. The molecule has 3 rings (SSSR count). The van der Waals surface area contributed by atoms with E-state index in [-0.39, 0.29) is 5.75 Å². The summed E-state index contributed by atoms with van der Waals surface area (Å²) in [6, 6.07) is 1.68. The quantitative estimate of drug-likeness (QED) is 0.721. The number of rotatable bonds is 5. The molecule has 27 heavy (non-hydrogen) atoms. The number of ether oxygens (including phenoxy) is 1. The van der Waals surface area contributed by atoms with E-state index in [0.29, 0.717) is 22.9 Å². The van der Waals surface area contributed by atoms with Crippen LogP contribution in [0.25, 0.3) is 0 Å². The summed E-state index contributed by atoms with van der Waals surface area (Å²) >= 11 is 0. The van der Waals surface area contributed by atoms with E-state index >= 15 is 0 Å². The highest BCUT2D eigenvalue weighted by Crippen LogP contribution is 2.25. The van der Waals surface area contributed by atoms with Gasteiger partial charge in [-0.3, -0.25) is 0 Å². The second kappa shape index (κ2) is 7.48. The number of halogens is 1. The van der Waals surface area contributed by atoms with E-state index in [1.54, 1.807) is 40.8 Å². The van der Waals surface area contributed by atoms with E-state index in [9.17, 15) is 9.18 Å². The summed E-state index contributed by atoms with van der Waals surface area (Å²) < 4.78 is 22.5. The number of carbonyl (C=O) groups excluding carboxylic acids is 1. The first-order valence-electron chi connectivity index (χ1n) is 8.26. The normalized spacial score (nSPS) is 10.9. The average Bonchev–Trinajstić information content (AvgIpc) is 3.24. The van der Waals surface area contributed by atoms with E-state index in [1.165, 1.54) is 19.2 Å². The van der Waals surface area contributed by atoms with Crippen molar-refractivity contribution in [3.05, 3.63) is 59.9 Å². The number of amides is 2. The van der Waals surface area contributed by atoms with Crippen LogP contribution in [-0.4, -0.2) is 32.2 Å². The second-order valence-electron chi connectivity index (χ2n) is 6.13. The second-order valence-corrected chi connectivity index (χ2v) is 6.13. The lowest BCUT2D eigenvalue weighted by Gasteiger charge is -2.19. The lowest BCUT2D eigenvalue weighted by molar-refractivity contribution is 0.249. The molecule has 142 valence electrons. The Morgan fingerprint density at radius 3 is 2.22 bits per heavy atom. The number of hydrogen-bond acceptors (Lipinski definition) is 4. The fourth-order valence-corrected chi connectivity index (χ4v) is 2.79. The van der Waals surface area contributed by atoms with Gasteiger partial charge in [0.2, 0.25) is 0 Å². The zero-order valence-electron chi connectivity index (χ0n) is 15.5. The van der Waals surface area contributed by atoms with Crippen molar-refractivity contribution in [3.8, 4) is 5.75 Å². The molecule has 0 bridgehead atoms. The third kappa shape index (κ3) is 3.76. The molecule has 8 nitrogen and oxygen atoms in total. The Labute approximate surface area is 156 Å². The third-order valence-corrected chi connectivity index (χ3v) is 4.26. The van der Waals surface area contributed by atoms with Crippen molar-refractivity contribution in [3.63, 3.8) is 0 Å². The number of imidazole rings is 2. The first-order chi connectivity index (χ1) is 12.9. The number of aryl methyl sites for hydroxylation is 3. The molecule has 0 saturated carbocycles. The van der Waals surface area contributed by atoms with Crippen molar-refractivity contribution in [2.75, 3.05) is 12.4 Å². The highest BCUT2D eigenvalue weighted by atomic mass is 19.1. The number of carbonyl (C=O) groups is 1. The molecular formula is C18H21FN6O2. The SMILES string of the molecule is COc1cc(C)c(NC(=O)NC(c2nccn2C)c2nccn2C)cc1F. The number of methoxy groups -OCH3 is 1. The Balaban J connectivity index is 1.85. The van der Waals surface area contributed by atoms with Gasteiger partial charge in [0, 0.05) is 50.6 Å². The van der Waals surface area contributed by atoms with Gasteiger partial charge in [-0.05, 0) is 18.6 Å². The van der Waals surface area contributed by atoms with Gasteiger partial charge < -0.3 is 24.5 Å². The molecule has 0 fully saturated rings. The largest absolute Gasteiger partial charge is 0.494 e. The van der Waals surface area contributed by atoms with Crippen LogP contribution in [0, 0.1) is 12.7 Å². The van der Waals surface area contributed by atoms with Crippen molar-refractivity contribution in [1.82, 2.24) is 24.4 Å². The van der Waals surface area contributed by atoms with Gasteiger partial charge in [0.1, 0.15) is 17.7 Å². The molecule has 0 saturated heterocycles. The van der Waals surface area contributed by atoms with Crippen molar-refractivity contribution < 1.29 is 13.9 Å². The Kier molecular flexibility index (Phi) is 5.11. The highest BCUT2D eigenvalue weighted by Gasteiger charge is 2.24. The number of aromatic nitrogens is 4. The molecule has 9 heteroatoms. The highest BCUT2D eigenvalue weighted by molar-refractivity contribution is 5.90. The van der Waals surface area contributed by atoms with Crippen LogP contribution in [0.1, 0.15) is 23.3 Å². The van der Waals surface area contributed by atoms with Gasteiger partial charge in [-0.1, -0.05) is 0 Å². The number of benzene rings is 1. The molecule has 0 spiro atoms. The predicted octanol–water partition coefficient (Wildman–Crippen LogP) is 2.52. The lowest BCUT2D eigenvalue weighted by atomic mass is 10.2. The molecule has 0 atom stereocenters. The minimum absolute atomic E-state index is 0.123. The molecule has 2 N–H and O–H groups in total. The van der Waals surface area contributed by atoms with Crippen LogP contribution in [0.3, 0.4) is 0 Å². The lowest BCUT2D eigenvalue weighted by Crippen LogP contribution is -2.36. The fourth-order valence-electron chi connectivity index (χ4n) is 2.79. The van der Waals surface area contributed by atoms with Crippen LogP contribution in [0.5, 0.6) is 5.75 Å². The van der Waals surface area contributed by atoms with Gasteiger partial charge in [0.15, 0.2) is 11.6 Å². The topological polar surface area (TPSA) is 86.0 Å². The summed E-state index contributed by atoms with van der Waals surface area (Å²) in [6.45, 7) is 1.76. The van der Waals surface area contributed by atoms with Crippen LogP contribution in [0.4, 0.5) is 14.9 Å². The standard InChI is InChI=1S/C18H21FN6O2/c1-11-9-14(27-4)12(19)10-13(11)22-18(26)23-15(16-20-5-7-24(16)2)17-21-6-8-25(17)3/h5-10,15H,1-4H3,(H2,22,23,26). The summed E-state index contributed by atoms with van der Waals surface area (Å²) in [5.41, 5.74) is 1.03. The zero-order valence-corrected chi connectivity index (χ0v) is 15.5. The van der Waals surface area contributed by atoms with Gasteiger partial charge in [-0.25, -0.2) is 19.2 Å². The molecule has 0 aliphatic heterocycles. The molecule has 2 amide bonds. The molecule has 0 aliphatic carbocycles. The Morgan fingerprint density at radius 1 is 1.15 bits per heavy atom. The number of nitrogens with one attached hydrogen (secondary N) is 2. The van der Waals surface area contributed by atoms with Gasteiger partial charge in [0.05, 0.1) is 7.11 Å². The summed E-state index contributed by atoms with van der Waals surface area (Å²) in [5, 5.41) is 5.53. The maximum Gasteiger partial charge on any atom is 0.320 e. The smallest absolute Gasteiger partial charge is 0.320 e. The Morgan fingerprint density at radius 2 is 1.74 bits per heavy atom. The van der Waals surface area contributed by atoms with Crippen LogP contribution in [-0.2, 0) is 14.1 Å². The summed E-state index contributed by atoms with van der Waals surface area (Å²) in [5.74, 6) is 0.815. The minimum atomic E-state index is -0.576. The van der Waals surface area contributed by atoms with Crippen LogP contribution in [0.2, 0.25) is 0 Å². The van der Waals surface area contributed by atoms with E-state index < -0.39 is 17.9 Å². The first kappa shape index (κ1) is 18.4. The molecule has 3 aromatic rings. The van der Waals surface area contributed by atoms with Crippen LogP contribution in [0.15, 0.2) is 36.9 Å². The van der Waals surface area contributed by atoms with Gasteiger partial charge in [-0.2, -0.15) is 0 Å². The maximum absolute atomic E-state index is 14.0. The summed E-state index contributed by atoms with van der Waals surface area (Å²) in [6.07, 6.45) is 6.86. The number of anilines is 1. The van der Waals surface area contributed by atoms with Gasteiger partial charge >= 0.3 is 6.03 Å². The van der Waals surface area contributed by atoms with E-state index in [1.807, 2.05) is 14.1 Å². The van der Waals surface area contributed by atoms with Crippen molar-refractivity contribution >= 4 is 11.7 Å². The Bertz CT molecular complexity index is 924. The fraction of sp³-hybridized carbons (Fsp3) is 0.278. The van der Waals surface area contributed by atoms with E-state index in [4.69, 9.17) is 4.74 Å². The van der Waals surface area contributed by atoms with E-state index in [0.717, 1.165) is 0 Å². The predicted molar refractivity (Wildman–Crippen MR) is 98.1 cm³/mol. The summed E-state index contributed by atoms with van der Waals surface area (Å²) in [7, 11) is 5.06. The van der Waals surface area contributed by atoms with Gasteiger partial charge in [0.25, 0.3) is 0 Å². The first-order valence-corrected chi connectivity index (χ1v) is 8.26. The molecule has 0 aliphatic rings. The van der Waals surface area contributed by atoms with E-state index in [2.05, 4.69) is 20.6 Å². The zero-order chi connectivity index (χ0) is 19.6. The monoisotopic (exact) mass is 372 g/mol. The summed E-state index contributed by atoms with van der Waals surface area (Å²) in [4.78, 5) is 21.2. The van der Waals surface area contributed by atoms with Crippen molar-refractivity contribution in [1.29, 1.82) is 0 Å². The molecule has 1 aromatic carbocycles. The molecule has 0 radical (unpaired) electrons. The maximum atomic E-state index is 14.0. The van der Waals surface area contributed by atoms with Crippen molar-refractivity contribution in [2.24, 2.45) is 14.1 Å². The number of urea groups is 1. The van der Waals surface area contributed by atoms with Gasteiger partial charge in [-0.15, -0.1) is 0 Å². The minimum Gasteiger partial charge on any atom is -0.494 e. The molecular weight excluding hydrogens is 351 g/mol. The Hall–Kier alpha value is -3.36.